The molecular formula is C16H15BrO3. The molecule has 0 unspecified atom stereocenters. The van der Waals surface area contributed by atoms with Crippen LogP contribution in [0.15, 0.2) is 53.0 Å². The van der Waals surface area contributed by atoms with Gasteiger partial charge >= 0.3 is 0 Å². The summed E-state index contributed by atoms with van der Waals surface area (Å²) >= 11 is 3.36. The first kappa shape index (κ1) is 14.8. The lowest BCUT2D eigenvalue weighted by Crippen LogP contribution is -2.09. The molecule has 2 aromatic carbocycles. The van der Waals surface area contributed by atoms with Crippen molar-refractivity contribution in [2.45, 2.75) is 6.61 Å². The van der Waals surface area contributed by atoms with Gasteiger partial charge in [0.25, 0.3) is 0 Å². The second-order valence-electron chi connectivity index (χ2n) is 4.24. The van der Waals surface area contributed by atoms with E-state index in [0.717, 1.165) is 15.8 Å². The van der Waals surface area contributed by atoms with E-state index in [1.807, 2.05) is 42.5 Å². The molecule has 0 aliphatic carbocycles. The standard InChI is InChI=1S/C16H15BrO3/c1-19-13-8-6-12(7-9-13)10-20-11-16(18)14-4-2-3-5-15(14)17/h2-9H,10-11H2,1H3. The van der Waals surface area contributed by atoms with Crippen LogP contribution < -0.4 is 4.74 Å². The zero-order valence-electron chi connectivity index (χ0n) is 11.1. The van der Waals surface area contributed by atoms with Crippen molar-refractivity contribution in [1.82, 2.24) is 0 Å². The van der Waals surface area contributed by atoms with Crippen molar-refractivity contribution < 1.29 is 14.3 Å². The third-order valence-electron chi connectivity index (χ3n) is 2.84. The van der Waals surface area contributed by atoms with Crippen LogP contribution in [0.5, 0.6) is 5.75 Å². The Morgan fingerprint density at radius 1 is 1.10 bits per heavy atom. The largest absolute Gasteiger partial charge is 0.497 e. The minimum atomic E-state index is -0.0361. The molecule has 0 saturated heterocycles. The number of carbonyl (C=O) groups excluding carboxylic acids is 1. The number of Topliss-reactive ketones (excluding diaryl/α,β-unsaturated/α-hetero) is 1. The number of benzene rings is 2. The average Bonchev–Trinajstić information content (AvgIpc) is 2.48. The second-order valence-corrected chi connectivity index (χ2v) is 5.10. The molecule has 2 rings (SSSR count). The highest BCUT2D eigenvalue weighted by molar-refractivity contribution is 9.10. The Kier molecular flexibility index (Phi) is 5.32. The van der Waals surface area contributed by atoms with E-state index >= 15 is 0 Å². The van der Waals surface area contributed by atoms with Gasteiger partial charge in [-0.2, -0.15) is 0 Å². The molecule has 0 aromatic heterocycles. The van der Waals surface area contributed by atoms with E-state index in [9.17, 15) is 4.79 Å². The normalized spacial score (nSPS) is 10.3. The Labute approximate surface area is 126 Å². The molecule has 20 heavy (non-hydrogen) atoms. The van der Waals surface area contributed by atoms with E-state index in [1.165, 1.54) is 0 Å². The number of hydrogen-bond donors (Lipinski definition) is 0. The summed E-state index contributed by atoms with van der Waals surface area (Å²) in [5.74, 6) is 0.768. The zero-order valence-corrected chi connectivity index (χ0v) is 12.7. The van der Waals surface area contributed by atoms with Gasteiger partial charge in [-0.1, -0.05) is 46.3 Å². The van der Waals surface area contributed by atoms with Gasteiger partial charge in [0.15, 0.2) is 5.78 Å². The predicted octanol–water partition coefficient (Wildman–Crippen LogP) is 3.86. The summed E-state index contributed by atoms with van der Waals surface area (Å²) < 4.78 is 11.3. The highest BCUT2D eigenvalue weighted by Gasteiger charge is 2.09. The van der Waals surface area contributed by atoms with E-state index in [2.05, 4.69) is 15.9 Å². The van der Waals surface area contributed by atoms with E-state index in [0.29, 0.717) is 12.2 Å². The van der Waals surface area contributed by atoms with Crippen molar-refractivity contribution in [3.8, 4) is 5.75 Å². The molecule has 0 amide bonds. The number of ether oxygens (including phenoxy) is 2. The van der Waals surface area contributed by atoms with Crippen LogP contribution in [0.4, 0.5) is 0 Å². The quantitative estimate of drug-likeness (QED) is 0.752. The third-order valence-corrected chi connectivity index (χ3v) is 3.53. The molecule has 0 saturated carbocycles. The Hall–Kier alpha value is -1.65. The van der Waals surface area contributed by atoms with Crippen LogP contribution in [0.2, 0.25) is 0 Å². The lowest BCUT2D eigenvalue weighted by Gasteiger charge is -2.06. The van der Waals surface area contributed by atoms with Crippen LogP contribution in [-0.2, 0) is 11.3 Å². The van der Waals surface area contributed by atoms with Crippen molar-refractivity contribution in [1.29, 1.82) is 0 Å². The average molecular weight is 335 g/mol. The molecule has 0 aliphatic heterocycles. The van der Waals surface area contributed by atoms with Gasteiger partial charge in [0, 0.05) is 10.0 Å². The lowest BCUT2D eigenvalue weighted by atomic mass is 10.1. The summed E-state index contributed by atoms with van der Waals surface area (Å²) in [4.78, 5) is 12.0. The molecule has 2 aromatic rings. The fourth-order valence-electron chi connectivity index (χ4n) is 1.75. The zero-order chi connectivity index (χ0) is 14.4. The molecule has 0 bridgehead atoms. The Morgan fingerprint density at radius 2 is 1.80 bits per heavy atom. The molecule has 3 nitrogen and oxygen atoms in total. The molecule has 0 spiro atoms. The van der Waals surface area contributed by atoms with E-state index in [-0.39, 0.29) is 12.4 Å². The van der Waals surface area contributed by atoms with Crippen LogP contribution in [0.1, 0.15) is 15.9 Å². The van der Waals surface area contributed by atoms with E-state index in [1.54, 1.807) is 13.2 Å². The molecule has 0 heterocycles. The molecule has 0 fully saturated rings. The topological polar surface area (TPSA) is 35.5 Å². The molecule has 0 atom stereocenters. The maximum absolute atomic E-state index is 12.0. The SMILES string of the molecule is COc1ccc(COCC(=O)c2ccccc2Br)cc1. The van der Waals surface area contributed by atoms with Crippen LogP contribution in [0.25, 0.3) is 0 Å². The monoisotopic (exact) mass is 334 g/mol. The molecular weight excluding hydrogens is 320 g/mol. The van der Waals surface area contributed by atoms with Gasteiger partial charge in [-0.25, -0.2) is 0 Å². The highest BCUT2D eigenvalue weighted by Crippen LogP contribution is 2.17. The van der Waals surface area contributed by atoms with E-state index < -0.39 is 0 Å². The lowest BCUT2D eigenvalue weighted by molar-refractivity contribution is 0.0726. The summed E-state index contributed by atoms with van der Waals surface area (Å²) in [6, 6.07) is 14.9. The smallest absolute Gasteiger partial charge is 0.189 e. The molecule has 4 heteroatoms. The maximum atomic E-state index is 12.0. The van der Waals surface area contributed by atoms with Gasteiger partial charge in [-0.15, -0.1) is 0 Å². The van der Waals surface area contributed by atoms with Gasteiger partial charge < -0.3 is 9.47 Å². The Balaban J connectivity index is 1.86. The summed E-state index contributed by atoms with van der Waals surface area (Å²) in [7, 11) is 1.63. The van der Waals surface area contributed by atoms with Crippen molar-refractivity contribution in [3.63, 3.8) is 0 Å². The summed E-state index contributed by atoms with van der Waals surface area (Å²) in [5.41, 5.74) is 1.65. The van der Waals surface area contributed by atoms with Gasteiger partial charge in [0.1, 0.15) is 12.4 Å². The van der Waals surface area contributed by atoms with Crippen LogP contribution in [-0.4, -0.2) is 19.5 Å². The van der Waals surface area contributed by atoms with Gasteiger partial charge in [0.05, 0.1) is 13.7 Å². The molecule has 0 aliphatic rings. The first-order chi connectivity index (χ1) is 9.70. The molecule has 0 radical (unpaired) electrons. The number of rotatable bonds is 6. The third kappa shape index (κ3) is 3.92. The number of carbonyl (C=O) groups is 1. The predicted molar refractivity (Wildman–Crippen MR) is 81.1 cm³/mol. The minimum absolute atomic E-state index is 0.0361. The van der Waals surface area contributed by atoms with Crippen molar-refractivity contribution >= 4 is 21.7 Å². The number of ketones is 1. The fourth-order valence-corrected chi connectivity index (χ4v) is 2.25. The van der Waals surface area contributed by atoms with Crippen LogP contribution in [0, 0.1) is 0 Å². The second kappa shape index (κ2) is 7.22. The number of halogens is 1. The summed E-state index contributed by atoms with van der Waals surface area (Å²) in [6.07, 6.45) is 0. The van der Waals surface area contributed by atoms with Crippen molar-refractivity contribution in [2.24, 2.45) is 0 Å². The number of hydrogen-bond acceptors (Lipinski definition) is 3. The van der Waals surface area contributed by atoms with E-state index in [4.69, 9.17) is 9.47 Å². The Bertz CT molecular complexity index is 579. The number of methoxy groups -OCH3 is 1. The minimum Gasteiger partial charge on any atom is -0.497 e. The van der Waals surface area contributed by atoms with Crippen LogP contribution in [0.3, 0.4) is 0 Å². The fraction of sp³-hybridized carbons (Fsp3) is 0.188. The highest BCUT2D eigenvalue weighted by atomic mass is 79.9. The maximum Gasteiger partial charge on any atom is 0.189 e. The first-order valence-corrected chi connectivity index (χ1v) is 6.98. The van der Waals surface area contributed by atoms with Gasteiger partial charge in [-0.3, -0.25) is 4.79 Å². The molecule has 104 valence electrons. The summed E-state index contributed by atoms with van der Waals surface area (Å²) in [5, 5.41) is 0. The van der Waals surface area contributed by atoms with Gasteiger partial charge in [0.2, 0.25) is 0 Å². The molecule has 0 N–H and O–H groups in total. The van der Waals surface area contributed by atoms with Gasteiger partial charge in [-0.05, 0) is 23.8 Å². The summed E-state index contributed by atoms with van der Waals surface area (Å²) in [6.45, 7) is 0.467. The van der Waals surface area contributed by atoms with Crippen LogP contribution >= 0.6 is 15.9 Å². The van der Waals surface area contributed by atoms with Crippen molar-refractivity contribution in [3.05, 3.63) is 64.1 Å². The van der Waals surface area contributed by atoms with Crippen molar-refractivity contribution in [2.75, 3.05) is 13.7 Å². The Morgan fingerprint density at radius 3 is 2.45 bits per heavy atom. The first-order valence-electron chi connectivity index (χ1n) is 6.19.